The minimum atomic E-state index is -4.39. The molecule has 0 aliphatic carbocycles. The van der Waals surface area contributed by atoms with Crippen LogP contribution in [0.2, 0.25) is 5.02 Å². The van der Waals surface area contributed by atoms with Gasteiger partial charge in [0.1, 0.15) is 0 Å². The second kappa shape index (κ2) is 5.63. The zero-order valence-electron chi connectivity index (χ0n) is 9.74. The maximum absolute atomic E-state index is 12.7. The standard InChI is InChI=1S/C12H15ClF3N/c1-3-8(2)7-17-11-5-4-9(13)6-10(11)12(14,15)16/h4-6,8,17H,3,7H2,1-2H3. The minimum absolute atomic E-state index is 0.0854. The van der Waals surface area contributed by atoms with Gasteiger partial charge in [0.2, 0.25) is 0 Å². The molecule has 0 aliphatic rings. The van der Waals surface area contributed by atoms with Gasteiger partial charge < -0.3 is 5.32 Å². The van der Waals surface area contributed by atoms with Gasteiger partial charge >= 0.3 is 6.18 Å². The van der Waals surface area contributed by atoms with Crippen molar-refractivity contribution in [3.8, 4) is 0 Å². The van der Waals surface area contributed by atoms with Crippen LogP contribution in [0.1, 0.15) is 25.8 Å². The van der Waals surface area contributed by atoms with Crippen LogP contribution < -0.4 is 5.32 Å². The normalized spacial score (nSPS) is 13.5. The predicted molar refractivity (Wildman–Crippen MR) is 64.4 cm³/mol. The van der Waals surface area contributed by atoms with E-state index in [1.807, 2.05) is 13.8 Å². The van der Waals surface area contributed by atoms with Gasteiger partial charge in [0.05, 0.1) is 5.56 Å². The SMILES string of the molecule is CCC(C)CNc1ccc(Cl)cc1C(F)(F)F. The Morgan fingerprint density at radius 1 is 1.35 bits per heavy atom. The highest BCUT2D eigenvalue weighted by Crippen LogP contribution is 2.36. The van der Waals surface area contributed by atoms with Gasteiger partial charge in [-0.25, -0.2) is 0 Å². The topological polar surface area (TPSA) is 12.0 Å². The molecular weight excluding hydrogens is 251 g/mol. The fourth-order valence-electron chi connectivity index (χ4n) is 1.33. The largest absolute Gasteiger partial charge is 0.418 e. The molecule has 0 aromatic heterocycles. The molecule has 1 aromatic rings. The molecule has 1 unspecified atom stereocenters. The molecule has 0 aliphatic heterocycles. The summed E-state index contributed by atoms with van der Waals surface area (Å²) in [6, 6.07) is 3.77. The highest BCUT2D eigenvalue weighted by Gasteiger charge is 2.33. The van der Waals surface area contributed by atoms with Gasteiger partial charge in [-0.1, -0.05) is 31.9 Å². The first-order valence-corrected chi connectivity index (χ1v) is 5.83. The van der Waals surface area contributed by atoms with E-state index in [4.69, 9.17) is 11.6 Å². The van der Waals surface area contributed by atoms with Crippen molar-refractivity contribution in [1.29, 1.82) is 0 Å². The van der Waals surface area contributed by atoms with Crippen molar-refractivity contribution in [2.45, 2.75) is 26.4 Å². The van der Waals surface area contributed by atoms with Crippen molar-refractivity contribution in [3.63, 3.8) is 0 Å². The van der Waals surface area contributed by atoms with Crippen LogP contribution in [0.5, 0.6) is 0 Å². The molecule has 0 amide bonds. The average molecular weight is 266 g/mol. The van der Waals surface area contributed by atoms with Crippen LogP contribution in [0.15, 0.2) is 18.2 Å². The van der Waals surface area contributed by atoms with Gasteiger partial charge in [-0.15, -0.1) is 0 Å². The Kier molecular flexibility index (Phi) is 4.69. The number of rotatable bonds is 4. The summed E-state index contributed by atoms with van der Waals surface area (Å²) >= 11 is 5.59. The smallest absolute Gasteiger partial charge is 0.384 e. The van der Waals surface area contributed by atoms with E-state index in [0.29, 0.717) is 12.5 Å². The first-order valence-electron chi connectivity index (χ1n) is 5.45. The monoisotopic (exact) mass is 265 g/mol. The van der Waals surface area contributed by atoms with Gasteiger partial charge in [-0.2, -0.15) is 13.2 Å². The molecule has 0 fully saturated rings. The molecule has 0 bridgehead atoms. The molecule has 1 aromatic carbocycles. The summed E-state index contributed by atoms with van der Waals surface area (Å²) in [5, 5.41) is 2.91. The molecule has 5 heteroatoms. The van der Waals surface area contributed by atoms with E-state index < -0.39 is 11.7 Å². The van der Waals surface area contributed by atoms with E-state index in [0.717, 1.165) is 12.5 Å². The van der Waals surface area contributed by atoms with Crippen molar-refractivity contribution < 1.29 is 13.2 Å². The third-order valence-electron chi connectivity index (χ3n) is 2.62. The average Bonchev–Trinajstić information content (AvgIpc) is 2.25. The van der Waals surface area contributed by atoms with Crippen LogP contribution in [0, 0.1) is 5.92 Å². The lowest BCUT2D eigenvalue weighted by atomic mass is 10.1. The first-order chi connectivity index (χ1) is 7.84. The van der Waals surface area contributed by atoms with E-state index in [1.54, 1.807) is 0 Å². The van der Waals surface area contributed by atoms with E-state index in [-0.39, 0.29) is 10.7 Å². The quantitative estimate of drug-likeness (QED) is 0.823. The number of benzene rings is 1. The van der Waals surface area contributed by atoms with E-state index >= 15 is 0 Å². The third kappa shape index (κ3) is 4.11. The summed E-state index contributed by atoms with van der Waals surface area (Å²) in [6.45, 7) is 4.50. The summed E-state index contributed by atoms with van der Waals surface area (Å²) in [5.74, 6) is 0.326. The van der Waals surface area contributed by atoms with Crippen molar-refractivity contribution in [1.82, 2.24) is 0 Å². The van der Waals surface area contributed by atoms with Crippen molar-refractivity contribution in [3.05, 3.63) is 28.8 Å². The number of anilines is 1. The van der Waals surface area contributed by atoms with Gasteiger partial charge in [-0.05, 0) is 24.1 Å². The summed E-state index contributed by atoms with van der Waals surface area (Å²) in [7, 11) is 0. The van der Waals surface area contributed by atoms with E-state index in [9.17, 15) is 13.2 Å². The molecule has 1 N–H and O–H groups in total. The fraction of sp³-hybridized carbons (Fsp3) is 0.500. The van der Waals surface area contributed by atoms with Gasteiger partial charge in [-0.3, -0.25) is 0 Å². The molecule has 1 atom stereocenters. The Bertz CT molecular complexity index is 377. The Morgan fingerprint density at radius 3 is 2.53 bits per heavy atom. The Hall–Kier alpha value is -0.900. The number of alkyl halides is 3. The number of hydrogen-bond acceptors (Lipinski definition) is 1. The lowest BCUT2D eigenvalue weighted by molar-refractivity contribution is -0.136. The van der Waals surface area contributed by atoms with Crippen LogP contribution in [-0.2, 0) is 6.18 Å². The summed E-state index contributed by atoms with van der Waals surface area (Å²) in [4.78, 5) is 0. The van der Waals surface area contributed by atoms with Crippen molar-refractivity contribution in [2.75, 3.05) is 11.9 Å². The number of hydrogen-bond donors (Lipinski definition) is 1. The third-order valence-corrected chi connectivity index (χ3v) is 2.86. The lowest BCUT2D eigenvalue weighted by Gasteiger charge is -2.17. The summed E-state index contributed by atoms with van der Waals surface area (Å²) in [5.41, 5.74) is -0.629. The van der Waals surface area contributed by atoms with Crippen LogP contribution in [0.25, 0.3) is 0 Å². The second-order valence-corrected chi connectivity index (χ2v) is 4.52. The molecule has 0 spiro atoms. The van der Waals surface area contributed by atoms with Crippen molar-refractivity contribution in [2.24, 2.45) is 5.92 Å². The molecular formula is C12H15ClF3N. The second-order valence-electron chi connectivity index (χ2n) is 4.08. The molecule has 1 nitrogen and oxygen atoms in total. The zero-order chi connectivity index (χ0) is 13.1. The molecule has 1 rings (SSSR count). The highest BCUT2D eigenvalue weighted by atomic mass is 35.5. The Balaban J connectivity index is 2.91. The highest BCUT2D eigenvalue weighted by molar-refractivity contribution is 6.30. The molecule has 0 heterocycles. The van der Waals surface area contributed by atoms with Gasteiger partial charge in [0, 0.05) is 17.3 Å². The summed E-state index contributed by atoms with van der Waals surface area (Å²) < 4.78 is 38.2. The Morgan fingerprint density at radius 2 is 2.00 bits per heavy atom. The van der Waals surface area contributed by atoms with Crippen LogP contribution in [0.3, 0.4) is 0 Å². The van der Waals surface area contributed by atoms with Crippen LogP contribution >= 0.6 is 11.6 Å². The Labute approximate surface area is 104 Å². The maximum atomic E-state index is 12.7. The van der Waals surface area contributed by atoms with Gasteiger partial charge in [0.15, 0.2) is 0 Å². The van der Waals surface area contributed by atoms with E-state index in [1.165, 1.54) is 12.1 Å². The van der Waals surface area contributed by atoms with Crippen molar-refractivity contribution >= 4 is 17.3 Å². The number of halogens is 4. The maximum Gasteiger partial charge on any atom is 0.418 e. The lowest BCUT2D eigenvalue weighted by Crippen LogP contribution is -2.15. The van der Waals surface area contributed by atoms with Crippen LogP contribution in [-0.4, -0.2) is 6.54 Å². The van der Waals surface area contributed by atoms with E-state index in [2.05, 4.69) is 5.32 Å². The van der Waals surface area contributed by atoms with Crippen LogP contribution in [0.4, 0.5) is 18.9 Å². The molecule has 17 heavy (non-hydrogen) atoms. The van der Waals surface area contributed by atoms with Gasteiger partial charge in [0.25, 0.3) is 0 Å². The molecule has 0 radical (unpaired) electrons. The molecule has 0 saturated carbocycles. The zero-order valence-corrected chi connectivity index (χ0v) is 10.5. The predicted octanol–water partition coefficient (Wildman–Crippen LogP) is 4.82. The fourth-order valence-corrected chi connectivity index (χ4v) is 1.51. The summed E-state index contributed by atoms with van der Waals surface area (Å²) in [6.07, 6.45) is -3.47. The number of nitrogens with one attached hydrogen (secondary N) is 1. The minimum Gasteiger partial charge on any atom is -0.384 e. The molecule has 96 valence electrons. The molecule has 0 saturated heterocycles. The first kappa shape index (κ1) is 14.2.